The lowest BCUT2D eigenvalue weighted by molar-refractivity contribution is 0.474. The highest BCUT2D eigenvalue weighted by Gasteiger charge is 2.46. The molecule has 0 fully saturated rings. The van der Waals surface area contributed by atoms with Crippen LogP contribution in [0.3, 0.4) is 0 Å². The molecule has 0 spiro atoms. The van der Waals surface area contributed by atoms with Gasteiger partial charge >= 0.3 is 0 Å². The highest BCUT2D eigenvalue weighted by Crippen LogP contribution is 2.57. The van der Waals surface area contributed by atoms with Crippen LogP contribution < -0.4 is 25.0 Å². The summed E-state index contributed by atoms with van der Waals surface area (Å²) in [7, 11) is 0. The van der Waals surface area contributed by atoms with Crippen LogP contribution in [0, 0.1) is 0 Å². The number of nitrogens with zero attached hydrogens (tertiary/aromatic N) is 2. The van der Waals surface area contributed by atoms with Gasteiger partial charge in [0.25, 0.3) is 0 Å². The molecular formula is C71H48N2O2. The van der Waals surface area contributed by atoms with Crippen molar-refractivity contribution in [2.75, 3.05) is 9.80 Å². The first-order valence-corrected chi connectivity index (χ1v) is 25.9. The first-order chi connectivity index (χ1) is 37.2. The van der Waals surface area contributed by atoms with Gasteiger partial charge in [-0.3, -0.25) is 0 Å². The van der Waals surface area contributed by atoms with Crippen LogP contribution >= 0.6 is 0 Å². The van der Waals surface area contributed by atoms with E-state index < -0.39 is 5.41 Å². The quantitative estimate of drug-likeness (QED) is 0.144. The van der Waals surface area contributed by atoms with Crippen LogP contribution in [0.25, 0.3) is 67.2 Å². The van der Waals surface area contributed by atoms with Gasteiger partial charge in [-0.2, -0.15) is 0 Å². The highest BCUT2D eigenvalue weighted by molar-refractivity contribution is 6.09. The van der Waals surface area contributed by atoms with Crippen LogP contribution in [0.5, 0.6) is 5.75 Å². The van der Waals surface area contributed by atoms with Gasteiger partial charge in [0.15, 0.2) is 0 Å². The topological polar surface area (TPSA) is 28.9 Å². The van der Waals surface area contributed by atoms with Gasteiger partial charge in [0, 0.05) is 62.0 Å². The number of furan rings is 1. The second kappa shape index (κ2) is 17.3. The molecule has 1 aliphatic heterocycles. The lowest BCUT2D eigenvalue weighted by Gasteiger charge is -2.37. The summed E-state index contributed by atoms with van der Waals surface area (Å²) < 4.78 is 13.8. The second-order valence-electron chi connectivity index (χ2n) is 19.9. The number of para-hydroxylation sites is 4. The van der Waals surface area contributed by atoms with E-state index in [1.54, 1.807) is 0 Å². The molecule has 354 valence electrons. The molecule has 1 unspecified atom stereocenters. The Balaban J connectivity index is 0.902. The number of hydrogen-bond acceptors (Lipinski definition) is 4. The first kappa shape index (κ1) is 43.0. The van der Waals surface area contributed by atoms with Gasteiger partial charge in [0.1, 0.15) is 22.7 Å². The Morgan fingerprint density at radius 3 is 1.73 bits per heavy atom. The SMILES string of the molecule is C1=c2cccc3c2=C(CC1N(c1ccc(-c2cccc4c2oc2ccccc24)cc1)c1ccc2c(c1)C(c1ccccc1)(c1ccccc1)c1ccccc1-2)Oc1ccc(N(c2ccccc2)c2ccccc2)cc1-3. The standard InChI is InChI=1S/C71H48N2O2/c1-5-20-49(21-6-1)71(50-22-7-2-8-23-50)64-33-15-13-28-58(64)59-41-39-55(45-65(59)71)73(53-37-35-47(36-38-53)57-30-18-32-62-60-29-14-16-34-66(60)75-70(57)62)56-43-48-19-17-31-61-63-44-54(40-42-67(63)74-68(46-56)69(48)61)72(51-24-9-3-10-25-51)52-26-11-4-12-27-52/h1-45,56H,46H2. The zero-order chi connectivity index (χ0) is 49.5. The summed E-state index contributed by atoms with van der Waals surface area (Å²) in [4.78, 5) is 4.86. The van der Waals surface area contributed by atoms with Gasteiger partial charge < -0.3 is 19.0 Å². The monoisotopic (exact) mass is 960 g/mol. The Labute approximate surface area is 435 Å². The van der Waals surface area contributed by atoms with Crippen molar-refractivity contribution in [2.24, 2.45) is 0 Å². The van der Waals surface area contributed by atoms with Crippen molar-refractivity contribution in [1.29, 1.82) is 0 Å². The minimum absolute atomic E-state index is 0.107. The molecule has 12 aromatic rings. The molecule has 11 aromatic carbocycles. The summed E-state index contributed by atoms with van der Waals surface area (Å²) in [6, 6.07) is 96.6. The summed E-state index contributed by atoms with van der Waals surface area (Å²) in [5.41, 5.74) is 18.7. The van der Waals surface area contributed by atoms with Crippen LogP contribution in [0.4, 0.5) is 28.4 Å². The number of anilines is 5. The third kappa shape index (κ3) is 6.76. The van der Waals surface area contributed by atoms with Crippen molar-refractivity contribution in [3.63, 3.8) is 0 Å². The zero-order valence-corrected chi connectivity index (χ0v) is 41.0. The van der Waals surface area contributed by atoms with E-state index in [1.165, 1.54) is 38.9 Å². The zero-order valence-electron chi connectivity index (χ0n) is 41.0. The fourth-order valence-corrected chi connectivity index (χ4v) is 12.6. The lowest BCUT2D eigenvalue weighted by Crippen LogP contribution is -2.43. The Morgan fingerprint density at radius 2 is 0.987 bits per heavy atom. The Hall–Kier alpha value is -9.64. The normalized spacial score (nSPS) is 14.5. The van der Waals surface area contributed by atoms with E-state index in [0.717, 1.165) is 89.0 Å². The van der Waals surface area contributed by atoms with Crippen LogP contribution in [0.1, 0.15) is 28.7 Å². The van der Waals surface area contributed by atoms with Gasteiger partial charge in [0.2, 0.25) is 0 Å². The molecule has 2 heterocycles. The molecule has 2 aliphatic carbocycles. The van der Waals surface area contributed by atoms with Gasteiger partial charge in [-0.05, 0) is 123 Å². The van der Waals surface area contributed by atoms with Crippen molar-refractivity contribution in [2.45, 2.75) is 17.9 Å². The van der Waals surface area contributed by atoms with Crippen molar-refractivity contribution < 1.29 is 9.15 Å². The van der Waals surface area contributed by atoms with E-state index in [2.05, 4.69) is 277 Å². The highest BCUT2D eigenvalue weighted by atomic mass is 16.5. The lowest BCUT2D eigenvalue weighted by atomic mass is 9.67. The van der Waals surface area contributed by atoms with Crippen molar-refractivity contribution in [3.05, 3.63) is 300 Å². The minimum atomic E-state index is -0.552. The Kier molecular flexibility index (Phi) is 9.89. The molecule has 0 saturated heterocycles. The molecule has 0 bridgehead atoms. The summed E-state index contributed by atoms with van der Waals surface area (Å²) in [6.45, 7) is 0. The fraction of sp³-hybridized carbons (Fsp3) is 0.0423. The van der Waals surface area contributed by atoms with Gasteiger partial charge in [-0.25, -0.2) is 0 Å². The molecular weight excluding hydrogens is 913 g/mol. The summed E-state index contributed by atoms with van der Waals surface area (Å²) in [5, 5.41) is 4.57. The van der Waals surface area contributed by atoms with Crippen LogP contribution in [-0.2, 0) is 5.41 Å². The molecule has 4 heteroatoms. The van der Waals surface area contributed by atoms with E-state index in [4.69, 9.17) is 9.15 Å². The van der Waals surface area contributed by atoms with Crippen molar-refractivity contribution >= 4 is 62.2 Å². The average molecular weight is 961 g/mol. The molecule has 0 N–H and O–H groups in total. The number of ether oxygens (including phenoxy) is 1. The number of hydrogen-bond donors (Lipinski definition) is 0. The molecule has 1 atom stereocenters. The van der Waals surface area contributed by atoms with Gasteiger partial charge in [-0.15, -0.1) is 0 Å². The maximum Gasteiger partial charge on any atom is 0.143 e. The summed E-state index contributed by atoms with van der Waals surface area (Å²) in [6.07, 6.45) is 3.12. The van der Waals surface area contributed by atoms with E-state index in [-0.39, 0.29) is 6.04 Å². The molecule has 0 amide bonds. The predicted octanol–water partition coefficient (Wildman–Crippen LogP) is 16.6. The molecule has 1 aromatic heterocycles. The van der Waals surface area contributed by atoms with Crippen molar-refractivity contribution in [1.82, 2.24) is 0 Å². The Bertz CT molecular complexity index is 4220. The second-order valence-corrected chi connectivity index (χ2v) is 19.9. The van der Waals surface area contributed by atoms with Crippen LogP contribution in [0.2, 0.25) is 0 Å². The summed E-state index contributed by atoms with van der Waals surface area (Å²) in [5.74, 6) is 1.84. The molecule has 75 heavy (non-hydrogen) atoms. The van der Waals surface area contributed by atoms with Gasteiger partial charge in [0.05, 0.1) is 11.5 Å². The Morgan fingerprint density at radius 1 is 0.400 bits per heavy atom. The number of fused-ring (bicyclic) bond motifs is 8. The molecule has 15 rings (SSSR count). The van der Waals surface area contributed by atoms with E-state index >= 15 is 0 Å². The summed E-state index contributed by atoms with van der Waals surface area (Å²) >= 11 is 0. The van der Waals surface area contributed by atoms with Crippen LogP contribution in [-0.4, -0.2) is 6.04 Å². The molecule has 3 aliphatic rings. The maximum absolute atomic E-state index is 7.19. The predicted molar refractivity (Wildman–Crippen MR) is 308 cm³/mol. The molecule has 4 nitrogen and oxygen atoms in total. The van der Waals surface area contributed by atoms with E-state index in [0.29, 0.717) is 6.42 Å². The average Bonchev–Trinajstić information content (AvgIpc) is 4.11. The smallest absolute Gasteiger partial charge is 0.143 e. The third-order valence-electron chi connectivity index (χ3n) is 15.8. The number of benzene rings is 11. The first-order valence-electron chi connectivity index (χ1n) is 25.9. The minimum Gasteiger partial charge on any atom is -0.460 e. The number of rotatable bonds is 9. The maximum atomic E-state index is 7.19. The fourth-order valence-electron chi connectivity index (χ4n) is 12.6. The molecule has 0 saturated carbocycles. The van der Waals surface area contributed by atoms with Crippen LogP contribution in [0.15, 0.2) is 271 Å². The van der Waals surface area contributed by atoms with E-state index in [9.17, 15) is 0 Å². The van der Waals surface area contributed by atoms with Crippen molar-refractivity contribution in [3.8, 4) is 39.1 Å². The third-order valence-corrected chi connectivity index (χ3v) is 15.8. The molecule has 0 radical (unpaired) electrons. The largest absolute Gasteiger partial charge is 0.460 e. The van der Waals surface area contributed by atoms with E-state index in [1.807, 2.05) is 6.07 Å². The van der Waals surface area contributed by atoms with Gasteiger partial charge in [-0.1, -0.05) is 200 Å².